The molecule has 1 rings (SSSR count). The van der Waals surface area contributed by atoms with Crippen LogP contribution in [0.3, 0.4) is 0 Å². The molecule has 1 aromatic rings. The van der Waals surface area contributed by atoms with E-state index in [1.807, 2.05) is 6.92 Å². The number of carbonyl (C=O) groups excluding carboxylic acids is 1. The second-order valence-corrected chi connectivity index (χ2v) is 6.71. The molecule has 0 aromatic heterocycles. The summed E-state index contributed by atoms with van der Waals surface area (Å²) in [6.45, 7) is 1.74. The maximum absolute atomic E-state index is 13.2. The summed E-state index contributed by atoms with van der Waals surface area (Å²) in [5.41, 5.74) is 0.926. The van der Waals surface area contributed by atoms with E-state index in [1.54, 1.807) is 12.1 Å². The molecule has 130 valence electrons. The number of aryl methyl sites for hydroxylation is 1. The van der Waals surface area contributed by atoms with Crippen molar-refractivity contribution in [3.05, 3.63) is 29.8 Å². The monoisotopic (exact) mass is 350 g/mol. The number of methoxy groups -OCH3 is 1. The lowest BCUT2D eigenvalue weighted by molar-refractivity contribution is -0.169. The molecule has 23 heavy (non-hydrogen) atoms. The smallest absolute Gasteiger partial charge is 0.376 e. The zero-order valence-corrected chi connectivity index (χ0v) is 13.9. The average molecular weight is 350 g/mol. The number of hydrogen-bond donors (Lipinski definition) is 0. The predicted molar refractivity (Wildman–Crippen MR) is 79.7 cm³/mol. The molecule has 0 heterocycles. The van der Waals surface area contributed by atoms with E-state index in [4.69, 9.17) is 4.18 Å². The molecule has 0 spiro atoms. The van der Waals surface area contributed by atoms with Gasteiger partial charge in [0.25, 0.3) is 10.1 Å². The van der Waals surface area contributed by atoms with E-state index < -0.39 is 28.4 Å². The number of benzene rings is 1. The van der Waals surface area contributed by atoms with Gasteiger partial charge >= 0.3 is 11.9 Å². The molecule has 5 nitrogen and oxygen atoms in total. The molecular weight excluding hydrogens is 330 g/mol. The zero-order valence-electron chi connectivity index (χ0n) is 13.1. The van der Waals surface area contributed by atoms with Crippen molar-refractivity contribution in [2.45, 2.75) is 43.4 Å². The van der Waals surface area contributed by atoms with Crippen LogP contribution in [0.2, 0.25) is 0 Å². The number of carbonyl (C=O) groups is 1. The van der Waals surface area contributed by atoms with Crippen LogP contribution in [-0.4, -0.2) is 34.0 Å². The van der Waals surface area contributed by atoms with E-state index in [-0.39, 0.29) is 17.9 Å². The van der Waals surface area contributed by atoms with Crippen LogP contribution in [0.25, 0.3) is 0 Å². The molecule has 0 saturated heterocycles. The lowest BCUT2D eigenvalue weighted by atomic mass is 10.1. The molecule has 0 unspecified atom stereocenters. The third-order valence-corrected chi connectivity index (χ3v) is 4.49. The van der Waals surface area contributed by atoms with Crippen molar-refractivity contribution < 1.29 is 30.9 Å². The first-order valence-corrected chi connectivity index (χ1v) is 8.52. The lowest BCUT2D eigenvalue weighted by Gasteiger charge is -2.13. The van der Waals surface area contributed by atoms with Crippen LogP contribution >= 0.6 is 0 Å². The largest absolute Gasteiger partial charge is 0.465 e. The van der Waals surface area contributed by atoms with Crippen LogP contribution in [0.4, 0.5) is 8.78 Å². The number of esters is 1. The number of hydrogen-bond acceptors (Lipinski definition) is 5. The van der Waals surface area contributed by atoms with Gasteiger partial charge in [0.05, 0.1) is 18.6 Å². The lowest BCUT2D eigenvalue weighted by Crippen LogP contribution is -2.29. The molecular formula is C15H20F2O5S. The van der Waals surface area contributed by atoms with Crippen molar-refractivity contribution in [3.8, 4) is 0 Å². The van der Waals surface area contributed by atoms with E-state index in [1.165, 1.54) is 12.1 Å². The summed E-state index contributed by atoms with van der Waals surface area (Å²) in [6.07, 6.45) is 0.0404. The molecule has 0 atom stereocenters. The second-order valence-electron chi connectivity index (χ2n) is 5.10. The van der Waals surface area contributed by atoms with Crippen LogP contribution in [-0.2, 0) is 23.8 Å². The van der Waals surface area contributed by atoms with Crippen LogP contribution in [0.15, 0.2) is 29.2 Å². The van der Waals surface area contributed by atoms with E-state index in [0.717, 1.165) is 12.7 Å². The Morgan fingerprint density at radius 3 is 2.30 bits per heavy atom. The van der Waals surface area contributed by atoms with Crippen molar-refractivity contribution in [1.82, 2.24) is 0 Å². The summed E-state index contributed by atoms with van der Waals surface area (Å²) >= 11 is 0. The highest BCUT2D eigenvalue weighted by atomic mass is 32.2. The number of rotatable bonds is 9. The van der Waals surface area contributed by atoms with Gasteiger partial charge < -0.3 is 4.74 Å². The Hall–Kier alpha value is -1.54. The van der Waals surface area contributed by atoms with Crippen LogP contribution in [0.5, 0.6) is 0 Å². The third-order valence-electron chi connectivity index (χ3n) is 3.17. The summed E-state index contributed by atoms with van der Waals surface area (Å²) in [5.74, 6) is -5.07. The van der Waals surface area contributed by atoms with Crippen molar-refractivity contribution in [2.75, 3.05) is 13.7 Å². The van der Waals surface area contributed by atoms with Gasteiger partial charge in [-0.05, 0) is 31.9 Å². The van der Waals surface area contributed by atoms with Gasteiger partial charge in [0.15, 0.2) is 0 Å². The third kappa shape index (κ3) is 6.23. The van der Waals surface area contributed by atoms with Crippen LogP contribution < -0.4 is 0 Å². The van der Waals surface area contributed by atoms with Gasteiger partial charge in [0, 0.05) is 6.42 Å². The molecule has 0 bridgehead atoms. The average Bonchev–Trinajstić information content (AvgIpc) is 2.50. The summed E-state index contributed by atoms with van der Waals surface area (Å²) in [6, 6.07) is 6.21. The predicted octanol–water partition coefficient (Wildman–Crippen LogP) is 3.07. The Morgan fingerprint density at radius 2 is 1.74 bits per heavy atom. The first-order valence-electron chi connectivity index (χ1n) is 7.11. The van der Waals surface area contributed by atoms with Gasteiger partial charge in [0.1, 0.15) is 0 Å². The van der Waals surface area contributed by atoms with Gasteiger partial charge in [0.2, 0.25) is 0 Å². The van der Waals surface area contributed by atoms with E-state index >= 15 is 0 Å². The highest BCUT2D eigenvalue weighted by molar-refractivity contribution is 7.86. The first kappa shape index (κ1) is 19.5. The highest BCUT2D eigenvalue weighted by Crippen LogP contribution is 2.23. The second kappa shape index (κ2) is 8.35. The summed E-state index contributed by atoms with van der Waals surface area (Å²) in [7, 11) is -2.93. The molecule has 0 fully saturated rings. The fourth-order valence-corrected chi connectivity index (χ4v) is 2.76. The highest BCUT2D eigenvalue weighted by Gasteiger charge is 2.39. The Bertz CT molecular complexity index is 611. The molecule has 1 aromatic carbocycles. The Morgan fingerprint density at radius 1 is 1.13 bits per heavy atom. The fourth-order valence-electron chi connectivity index (χ4n) is 1.82. The van der Waals surface area contributed by atoms with Gasteiger partial charge in [-0.15, -0.1) is 0 Å². The van der Waals surface area contributed by atoms with Gasteiger partial charge in [-0.2, -0.15) is 17.2 Å². The molecule has 0 saturated carbocycles. The molecule has 8 heteroatoms. The minimum atomic E-state index is -3.83. The van der Waals surface area contributed by atoms with Crippen molar-refractivity contribution in [2.24, 2.45) is 0 Å². The zero-order chi connectivity index (χ0) is 17.5. The molecule has 0 N–H and O–H groups in total. The normalized spacial score (nSPS) is 12.2. The van der Waals surface area contributed by atoms with Gasteiger partial charge in [-0.3, -0.25) is 4.18 Å². The number of halogens is 2. The van der Waals surface area contributed by atoms with E-state index in [2.05, 4.69) is 4.74 Å². The van der Waals surface area contributed by atoms with Crippen molar-refractivity contribution >= 4 is 16.1 Å². The molecule has 0 amide bonds. The minimum absolute atomic E-state index is 0.0559. The Balaban J connectivity index is 2.32. The summed E-state index contributed by atoms with van der Waals surface area (Å²) < 4.78 is 58.9. The van der Waals surface area contributed by atoms with E-state index in [0.29, 0.717) is 12.8 Å². The number of unbranched alkanes of at least 4 members (excludes halogenated alkanes) is 2. The number of alkyl halides is 2. The quantitative estimate of drug-likeness (QED) is 0.389. The Kier molecular flexibility index (Phi) is 7.08. The Labute approximate surface area is 134 Å². The summed E-state index contributed by atoms with van der Waals surface area (Å²) in [5, 5.41) is 0. The summed E-state index contributed by atoms with van der Waals surface area (Å²) in [4.78, 5) is 10.8. The van der Waals surface area contributed by atoms with Crippen molar-refractivity contribution in [3.63, 3.8) is 0 Å². The number of ether oxygens (including phenoxy) is 1. The van der Waals surface area contributed by atoms with Gasteiger partial charge in [-0.25, -0.2) is 4.79 Å². The minimum Gasteiger partial charge on any atom is -0.465 e. The SMILES string of the molecule is COC(=O)C(F)(F)CCCCCOS(=O)(=O)c1ccc(C)cc1. The van der Waals surface area contributed by atoms with Crippen molar-refractivity contribution in [1.29, 1.82) is 0 Å². The fraction of sp³-hybridized carbons (Fsp3) is 0.533. The molecule has 0 aliphatic carbocycles. The standard InChI is InChI=1S/C15H20F2O5S/c1-12-6-8-13(9-7-12)23(19,20)22-11-5-3-4-10-15(16,17)14(18)21-2/h6-9H,3-5,10-11H2,1-2H3. The van der Waals surface area contributed by atoms with Gasteiger partial charge in [-0.1, -0.05) is 24.1 Å². The maximum atomic E-state index is 13.2. The van der Waals surface area contributed by atoms with E-state index in [9.17, 15) is 22.0 Å². The van der Waals surface area contributed by atoms with Crippen LogP contribution in [0.1, 0.15) is 31.2 Å². The first-order chi connectivity index (χ1) is 10.7. The topological polar surface area (TPSA) is 69.7 Å². The van der Waals surface area contributed by atoms with Crippen LogP contribution in [0, 0.1) is 6.92 Å². The molecule has 0 radical (unpaired) electrons. The molecule has 0 aliphatic rings. The molecule has 0 aliphatic heterocycles. The maximum Gasteiger partial charge on any atom is 0.376 e.